The first-order valence-electron chi connectivity index (χ1n) is 7.24. The molecule has 3 aromatic rings. The van der Waals surface area contributed by atoms with E-state index < -0.39 is 0 Å². The van der Waals surface area contributed by atoms with E-state index in [4.69, 9.17) is 4.42 Å². The number of H-pyrrole nitrogens is 1. The molecule has 0 spiro atoms. The third-order valence-electron chi connectivity index (χ3n) is 3.35. The minimum Gasteiger partial charge on any atom is -0.461 e. The van der Waals surface area contributed by atoms with Crippen molar-refractivity contribution in [2.24, 2.45) is 0 Å². The van der Waals surface area contributed by atoms with E-state index in [9.17, 15) is 4.79 Å². The second kappa shape index (κ2) is 6.44. The molecule has 0 unspecified atom stereocenters. The number of imidazole rings is 1. The van der Waals surface area contributed by atoms with Gasteiger partial charge in [-0.2, -0.15) is 0 Å². The van der Waals surface area contributed by atoms with E-state index in [2.05, 4.69) is 20.6 Å². The zero-order chi connectivity index (χ0) is 15.4. The number of amides is 1. The van der Waals surface area contributed by atoms with Crippen molar-refractivity contribution >= 4 is 22.6 Å². The number of hydrogen-bond donors (Lipinski definition) is 3. The number of carbonyl (C=O) groups is 1. The molecule has 1 aromatic carbocycles. The first-order valence-corrected chi connectivity index (χ1v) is 7.24. The van der Waals surface area contributed by atoms with E-state index in [0.717, 1.165) is 29.7 Å². The first-order chi connectivity index (χ1) is 10.8. The summed E-state index contributed by atoms with van der Waals surface area (Å²) in [6.45, 7) is 0.833. The molecule has 2 heterocycles. The van der Waals surface area contributed by atoms with Gasteiger partial charge in [-0.1, -0.05) is 0 Å². The summed E-state index contributed by atoms with van der Waals surface area (Å²) in [5.74, 6) is 1.38. The van der Waals surface area contributed by atoms with Gasteiger partial charge in [-0.15, -0.1) is 0 Å². The van der Waals surface area contributed by atoms with Gasteiger partial charge in [0.15, 0.2) is 11.6 Å². The summed E-state index contributed by atoms with van der Waals surface area (Å²) in [7, 11) is 1.88. The molecule has 0 fully saturated rings. The molecule has 0 bridgehead atoms. The van der Waals surface area contributed by atoms with Crippen molar-refractivity contribution in [2.45, 2.75) is 12.8 Å². The number of rotatable bonds is 6. The van der Waals surface area contributed by atoms with Crippen molar-refractivity contribution in [1.29, 1.82) is 0 Å². The number of aromatic amines is 1. The van der Waals surface area contributed by atoms with Crippen molar-refractivity contribution in [1.82, 2.24) is 15.3 Å². The molecule has 0 saturated carbocycles. The van der Waals surface area contributed by atoms with Gasteiger partial charge in [-0.3, -0.25) is 4.79 Å². The Kier molecular flexibility index (Phi) is 4.20. The average Bonchev–Trinajstić information content (AvgIpc) is 3.16. The maximum atomic E-state index is 11.8. The van der Waals surface area contributed by atoms with Gasteiger partial charge < -0.3 is 20.0 Å². The molecule has 0 aliphatic rings. The summed E-state index contributed by atoms with van der Waals surface area (Å²) in [5, 5.41) is 5.92. The summed E-state index contributed by atoms with van der Waals surface area (Å²) < 4.78 is 5.33. The molecule has 3 rings (SSSR count). The van der Waals surface area contributed by atoms with E-state index in [1.807, 2.05) is 37.4 Å². The summed E-state index contributed by atoms with van der Waals surface area (Å²) >= 11 is 0. The molecule has 22 heavy (non-hydrogen) atoms. The van der Waals surface area contributed by atoms with Crippen LogP contribution in [0.2, 0.25) is 0 Å². The van der Waals surface area contributed by atoms with E-state index in [-0.39, 0.29) is 5.91 Å². The summed E-state index contributed by atoms with van der Waals surface area (Å²) in [6, 6.07) is 9.28. The second-order valence-corrected chi connectivity index (χ2v) is 5.05. The van der Waals surface area contributed by atoms with Crippen LogP contribution in [0.3, 0.4) is 0 Å². The predicted octanol–water partition coefficient (Wildman–Crippen LogP) is 2.76. The third kappa shape index (κ3) is 3.17. The van der Waals surface area contributed by atoms with Gasteiger partial charge in [0.05, 0.1) is 17.3 Å². The van der Waals surface area contributed by atoms with E-state index >= 15 is 0 Å². The highest BCUT2D eigenvalue weighted by Gasteiger charge is 2.09. The zero-order valence-electron chi connectivity index (χ0n) is 12.3. The number of anilines is 1. The Labute approximate surface area is 127 Å². The Morgan fingerprint density at radius 1 is 1.36 bits per heavy atom. The van der Waals surface area contributed by atoms with Crippen LogP contribution in [-0.2, 0) is 4.79 Å². The predicted molar refractivity (Wildman–Crippen MR) is 85.6 cm³/mol. The summed E-state index contributed by atoms with van der Waals surface area (Å²) in [5.41, 5.74) is 2.45. The molecule has 0 aliphatic heterocycles. The summed E-state index contributed by atoms with van der Waals surface area (Å²) in [6.07, 6.45) is 2.93. The van der Waals surface area contributed by atoms with Gasteiger partial charge in [-0.05, 0) is 50.3 Å². The Morgan fingerprint density at radius 3 is 3.05 bits per heavy atom. The summed E-state index contributed by atoms with van der Waals surface area (Å²) in [4.78, 5) is 19.5. The standard InChI is InChI=1S/C16H18N4O2/c1-17-8-2-5-15(21)18-11-6-7-12-13(10-11)20-16(19-12)14-4-3-9-22-14/h3-4,6-7,9-10,17H,2,5,8H2,1H3,(H,18,21)(H,19,20). The van der Waals surface area contributed by atoms with Crippen molar-refractivity contribution in [2.75, 3.05) is 18.9 Å². The number of hydrogen-bond acceptors (Lipinski definition) is 4. The molecule has 0 atom stereocenters. The van der Waals surface area contributed by atoms with Gasteiger partial charge in [0.1, 0.15) is 0 Å². The lowest BCUT2D eigenvalue weighted by atomic mass is 10.2. The minimum absolute atomic E-state index is 0.0142. The molecule has 1 amide bonds. The fourth-order valence-electron chi connectivity index (χ4n) is 2.27. The smallest absolute Gasteiger partial charge is 0.224 e. The fourth-order valence-corrected chi connectivity index (χ4v) is 2.27. The lowest BCUT2D eigenvalue weighted by Crippen LogP contribution is -2.15. The molecule has 0 radical (unpaired) electrons. The third-order valence-corrected chi connectivity index (χ3v) is 3.35. The van der Waals surface area contributed by atoms with Crippen LogP contribution < -0.4 is 10.6 Å². The molecule has 2 aromatic heterocycles. The van der Waals surface area contributed by atoms with Crippen LogP contribution in [0.4, 0.5) is 5.69 Å². The topological polar surface area (TPSA) is 82.9 Å². The van der Waals surface area contributed by atoms with Crippen molar-refractivity contribution in [3.8, 4) is 11.6 Å². The highest BCUT2D eigenvalue weighted by molar-refractivity contribution is 5.93. The van der Waals surface area contributed by atoms with E-state index in [0.29, 0.717) is 18.0 Å². The highest BCUT2D eigenvalue weighted by Crippen LogP contribution is 2.23. The minimum atomic E-state index is 0.0142. The van der Waals surface area contributed by atoms with E-state index in [1.54, 1.807) is 6.26 Å². The van der Waals surface area contributed by atoms with E-state index in [1.165, 1.54) is 0 Å². The molecule has 6 nitrogen and oxygen atoms in total. The Hall–Kier alpha value is -2.60. The van der Waals surface area contributed by atoms with Gasteiger partial charge >= 0.3 is 0 Å². The zero-order valence-corrected chi connectivity index (χ0v) is 12.3. The van der Waals surface area contributed by atoms with Crippen molar-refractivity contribution < 1.29 is 9.21 Å². The average molecular weight is 298 g/mol. The molecular formula is C16H18N4O2. The Balaban J connectivity index is 1.74. The maximum absolute atomic E-state index is 11.8. The fraction of sp³-hybridized carbons (Fsp3) is 0.250. The molecule has 0 aliphatic carbocycles. The second-order valence-electron chi connectivity index (χ2n) is 5.05. The normalized spacial score (nSPS) is 11.0. The van der Waals surface area contributed by atoms with Crippen LogP contribution in [0.5, 0.6) is 0 Å². The van der Waals surface area contributed by atoms with Gasteiger partial charge in [0.2, 0.25) is 5.91 Å². The van der Waals surface area contributed by atoms with Crippen molar-refractivity contribution in [3.05, 3.63) is 36.6 Å². The largest absolute Gasteiger partial charge is 0.461 e. The highest BCUT2D eigenvalue weighted by atomic mass is 16.3. The van der Waals surface area contributed by atoms with Crippen LogP contribution in [0.25, 0.3) is 22.6 Å². The Bertz CT molecular complexity index is 762. The lowest BCUT2D eigenvalue weighted by Gasteiger charge is -2.04. The number of fused-ring (bicyclic) bond motifs is 1. The first kappa shape index (κ1) is 14.3. The number of benzene rings is 1. The van der Waals surface area contributed by atoms with Crippen LogP contribution in [0.1, 0.15) is 12.8 Å². The van der Waals surface area contributed by atoms with Crippen LogP contribution in [-0.4, -0.2) is 29.5 Å². The van der Waals surface area contributed by atoms with Crippen LogP contribution >= 0.6 is 0 Å². The van der Waals surface area contributed by atoms with Gasteiger partial charge in [-0.25, -0.2) is 4.98 Å². The molecule has 6 heteroatoms. The monoisotopic (exact) mass is 298 g/mol. The van der Waals surface area contributed by atoms with Crippen molar-refractivity contribution in [3.63, 3.8) is 0 Å². The van der Waals surface area contributed by atoms with Crippen LogP contribution in [0, 0.1) is 0 Å². The quantitative estimate of drug-likeness (QED) is 0.611. The molecular weight excluding hydrogens is 280 g/mol. The molecule has 0 saturated heterocycles. The number of aromatic nitrogens is 2. The molecule has 3 N–H and O–H groups in total. The maximum Gasteiger partial charge on any atom is 0.224 e. The number of nitrogens with one attached hydrogen (secondary N) is 3. The number of furan rings is 1. The number of carbonyl (C=O) groups excluding carboxylic acids is 1. The molecule has 114 valence electrons. The van der Waals surface area contributed by atoms with Gasteiger partial charge in [0, 0.05) is 12.1 Å². The SMILES string of the molecule is CNCCCC(=O)Nc1ccc2nc(-c3ccco3)[nH]c2c1. The Morgan fingerprint density at radius 2 is 2.27 bits per heavy atom. The number of nitrogens with zero attached hydrogens (tertiary/aromatic N) is 1. The van der Waals surface area contributed by atoms with Crippen LogP contribution in [0.15, 0.2) is 41.0 Å². The van der Waals surface area contributed by atoms with Gasteiger partial charge in [0.25, 0.3) is 0 Å². The lowest BCUT2D eigenvalue weighted by molar-refractivity contribution is -0.116.